The van der Waals surface area contributed by atoms with E-state index in [1.807, 2.05) is 4.90 Å². The van der Waals surface area contributed by atoms with E-state index in [-0.39, 0.29) is 12.0 Å². The summed E-state index contributed by atoms with van der Waals surface area (Å²) in [6.45, 7) is 1.38. The van der Waals surface area contributed by atoms with Gasteiger partial charge in [-0.05, 0) is 19.4 Å². The van der Waals surface area contributed by atoms with Crippen LogP contribution in [0.5, 0.6) is 0 Å². The summed E-state index contributed by atoms with van der Waals surface area (Å²) in [5, 5.41) is 0.549. The topological polar surface area (TPSA) is 29.5 Å². The van der Waals surface area contributed by atoms with Crippen LogP contribution >= 0.6 is 23.2 Å². The Labute approximate surface area is 100.0 Å². The molecule has 1 fully saturated rings. The van der Waals surface area contributed by atoms with Gasteiger partial charge in [-0.25, -0.2) is 0 Å². The summed E-state index contributed by atoms with van der Waals surface area (Å²) in [4.78, 5) is 13.5. The number of methoxy groups -OCH3 is 1. The molecular formula is C10H15Cl2NO2. The Morgan fingerprint density at radius 1 is 1.60 bits per heavy atom. The van der Waals surface area contributed by atoms with E-state index in [1.54, 1.807) is 0 Å². The molecule has 3 nitrogen and oxygen atoms in total. The second-order valence-corrected chi connectivity index (χ2v) is 4.26. The average molecular weight is 252 g/mol. The molecule has 0 aromatic rings. The Morgan fingerprint density at radius 2 is 2.33 bits per heavy atom. The Hall–Kier alpha value is -0.250. The number of esters is 1. The lowest BCUT2D eigenvalue weighted by atomic mass is 10.0. The van der Waals surface area contributed by atoms with E-state index in [0.717, 1.165) is 25.8 Å². The molecule has 0 aromatic carbocycles. The molecule has 1 unspecified atom stereocenters. The fourth-order valence-corrected chi connectivity index (χ4v) is 2.03. The van der Waals surface area contributed by atoms with Gasteiger partial charge in [0.05, 0.1) is 7.11 Å². The molecule has 1 heterocycles. The molecule has 1 aliphatic heterocycles. The van der Waals surface area contributed by atoms with Gasteiger partial charge in [0, 0.05) is 17.1 Å². The molecule has 1 rings (SSSR count). The molecule has 86 valence electrons. The summed E-state index contributed by atoms with van der Waals surface area (Å²) in [6.07, 6.45) is 2.97. The predicted octanol–water partition coefficient (Wildman–Crippen LogP) is 2.33. The van der Waals surface area contributed by atoms with Crippen LogP contribution in [0.3, 0.4) is 0 Å². The van der Waals surface area contributed by atoms with Crippen LogP contribution in [-0.2, 0) is 9.53 Å². The van der Waals surface area contributed by atoms with Gasteiger partial charge in [0.15, 0.2) is 0 Å². The van der Waals surface area contributed by atoms with Gasteiger partial charge < -0.3 is 4.74 Å². The minimum absolute atomic E-state index is 0.172. The molecule has 15 heavy (non-hydrogen) atoms. The highest BCUT2D eigenvalue weighted by Crippen LogP contribution is 2.20. The summed E-state index contributed by atoms with van der Waals surface area (Å²) >= 11 is 11.3. The quantitative estimate of drug-likeness (QED) is 0.722. The lowest BCUT2D eigenvalue weighted by Gasteiger charge is -2.33. The molecule has 0 bridgehead atoms. The van der Waals surface area contributed by atoms with Crippen LogP contribution in [0.2, 0.25) is 0 Å². The SMILES string of the molecule is COC(=O)C1CCCCN1CC(Cl)=CCl. The van der Waals surface area contributed by atoms with Crippen LogP contribution in [0.15, 0.2) is 10.6 Å². The maximum Gasteiger partial charge on any atom is 0.323 e. The summed E-state index contributed by atoms with van der Waals surface area (Å²) < 4.78 is 4.76. The number of piperidine rings is 1. The third kappa shape index (κ3) is 3.67. The second-order valence-electron chi connectivity index (χ2n) is 3.56. The van der Waals surface area contributed by atoms with Gasteiger partial charge in [0.2, 0.25) is 0 Å². The van der Waals surface area contributed by atoms with Gasteiger partial charge in [0.25, 0.3) is 0 Å². The predicted molar refractivity (Wildman–Crippen MR) is 61.0 cm³/mol. The molecule has 0 aliphatic carbocycles. The van der Waals surface area contributed by atoms with Gasteiger partial charge in [0.1, 0.15) is 6.04 Å². The van der Waals surface area contributed by atoms with Crippen molar-refractivity contribution in [3.63, 3.8) is 0 Å². The lowest BCUT2D eigenvalue weighted by molar-refractivity contribution is -0.148. The third-order valence-electron chi connectivity index (χ3n) is 2.56. The fraction of sp³-hybridized carbons (Fsp3) is 0.700. The van der Waals surface area contributed by atoms with Gasteiger partial charge in [-0.2, -0.15) is 0 Å². The van der Waals surface area contributed by atoms with E-state index in [1.165, 1.54) is 12.6 Å². The largest absolute Gasteiger partial charge is 0.468 e. The van der Waals surface area contributed by atoms with Crippen molar-refractivity contribution < 1.29 is 9.53 Å². The van der Waals surface area contributed by atoms with Gasteiger partial charge in [-0.1, -0.05) is 29.6 Å². The van der Waals surface area contributed by atoms with Crippen molar-refractivity contribution in [1.82, 2.24) is 4.90 Å². The second kappa shape index (κ2) is 6.36. The van der Waals surface area contributed by atoms with Crippen LogP contribution in [-0.4, -0.2) is 37.1 Å². The number of carbonyl (C=O) groups is 1. The molecule has 1 atom stereocenters. The minimum atomic E-state index is -0.186. The standard InChI is InChI=1S/C10H15Cl2NO2/c1-15-10(14)9-4-2-3-5-13(9)7-8(12)6-11/h6,9H,2-5,7H2,1H3. The first-order valence-electron chi connectivity index (χ1n) is 4.95. The molecule has 0 aromatic heterocycles. The monoisotopic (exact) mass is 251 g/mol. The van der Waals surface area contributed by atoms with Crippen LogP contribution in [0, 0.1) is 0 Å². The molecule has 0 radical (unpaired) electrons. The number of rotatable bonds is 3. The van der Waals surface area contributed by atoms with E-state index in [9.17, 15) is 4.79 Å². The van der Waals surface area contributed by atoms with Gasteiger partial charge >= 0.3 is 5.97 Å². The summed E-state index contributed by atoms with van der Waals surface area (Å²) in [7, 11) is 1.41. The normalized spacial score (nSPS) is 23.9. The lowest BCUT2D eigenvalue weighted by Crippen LogP contribution is -2.45. The highest BCUT2D eigenvalue weighted by Gasteiger charge is 2.29. The molecule has 1 saturated heterocycles. The number of carbonyl (C=O) groups excluding carboxylic acids is 1. The van der Waals surface area contributed by atoms with Crippen molar-refractivity contribution in [3.8, 4) is 0 Å². The van der Waals surface area contributed by atoms with Crippen molar-refractivity contribution in [2.75, 3.05) is 20.2 Å². The maximum absolute atomic E-state index is 11.5. The number of likely N-dealkylation sites (tertiary alicyclic amines) is 1. The van der Waals surface area contributed by atoms with E-state index in [0.29, 0.717) is 11.6 Å². The molecule has 1 aliphatic rings. The fourth-order valence-electron chi connectivity index (χ4n) is 1.81. The van der Waals surface area contributed by atoms with Crippen molar-refractivity contribution in [1.29, 1.82) is 0 Å². The van der Waals surface area contributed by atoms with E-state index in [4.69, 9.17) is 27.9 Å². The molecule has 0 N–H and O–H groups in total. The first-order chi connectivity index (χ1) is 7.19. The molecular weight excluding hydrogens is 237 g/mol. The number of ether oxygens (including phenoxy) is 1. The van der Waals surface area contributed by atoms with Gasteiger partial charge in [-0.3, -0.25) is 9.69 Å². The zero-order chi connectivity index (χ0) is 11.3. The summed E-state index contributed by atoms with van der Waals surface area (Å²) in [5.74, 6) is -0.186. The number of hydrogen-bond acceptors (Lipinski definition) is 3. The Morgan fingerprint density at radius 3 is 2.93 bits per heavy atom. The third-order valence-corrected chi connectivity index (χ3v) is 3.16. The Bertz CT molecular complexity index is 256. The van der Waals surface area contributed by atoms with Crippen LogP contribution < -0.4 is 0 Å². The molecule has 0 spiro atoms. The zero-order valence-electron chi connectivity index (χ0n) is 8.71. The van der Waals surface area contributed by atoms with Crippen molar-refractivity contribution in [2.24, 2.45) is 0 Å². The van der Waals surface area contributed by atoms with Crippen LogP contribution in [0.4, 0.5) is 0 Å². The van der Waals surface area contributed by atoms with Crippen LogP contribution in [0.1, 0.15) is 19.3 Å². The Kier molecular flexibility index (Phi) is 5.43. The molecule has 0 saturated carbocycles. The number of hydrogen-bond donors (Lipinski definition) is 0. The average Bonchev–Trinajstić information content (AvgIpc) is 2.28. The van der Waals surface area contributed by atoms with Crippen molar-refractivity contribution in [2.45, 2.75) is 25.3 Å². The first kappa shape index (κ1) is 12.8. The highest BCUT2D eigenvalue weighted by molar-refractivity contribution is 6.36. The van der Waals surface area contributed by atoms with E-state index in [2.05, 4.69) is 0 Å². The minimum Gasteiger partial charge on any atom is -0.468 e. The number of nitrogens with zero attached hydrogens (tertiary/aromatic N) is 1. The molecule has 0 amide bonds. The Balaban J connectivity index is 2.61. The smallest absolute Gasteiger partial charge is 0.323 e. The van der Waals surface area contributed by atoms with Gasteiger partial charge in [-0.15, -0.1) is 0 Å². The molecule has 5 heteroatoms. The van der Waals surface area contributed by atoms with Crippen molar-refractivity contribution in [3.05, 3.63) is 10.6 Å². The van der Waals surface area contributed by atoms with Crippen molar-refractivity contribution >= 4 is 29.2 Å². The summed E-state index contributed by atoms with van der Waals surface area (Å²) in [5.41, 5.74) is 1.34. The van der Waals surface area contributed by atoms with Crippen LogP contribution in [0.25, 0.3) is 0 Å². The van der Waals surface area contributed by atoms with E-state index >= 15 is 0 Å². The maximum atomic E-state index is 11.5. The van der Waals surface area contributed by atoms with E-state index < -0.39 is 0 Å². The first-order valence-corrected chi connectivity index (χ1v) is 5.77. The zero-order valence-corrected chi connectivity index (χ0v) is 10.2. The highest BCUT2D eigenvalue weighted by atomic mass is 35.5. The number of halogens is 2. The summed E-state index contributed by atoms with van der Waals surface area (Å²) in [6, 6.07) is -0.172.